The summed E-state index contributed by atoms with van der Waals surface area (Å²) < 4.78 is 0. The monoisotopic (exact) mass is 353 g/mol. The lowest BCUT2D eigenvalue weighted by Gasteiger charge is -2.28. The van der Waals surface area contributed by atoms with E-state index in [0.717, 1.165) is 25.2 Å². The van der Waals surface area contributed by atoms with Crippen LogP contribution in [0.15, 0.2) is 36.7 Å². The van der Waals surface area contributed by atoms with E-state index in [1.807, 2.05) is 13.8 Å². The molecule has 1 amide bonds. The van der Waals surface area contributed by atoms with Gasteiger partial charge in [0.1, 0.15) is 11.5 Å². The zero-order valence-electron chi connectivity index (χ0n) is 15.5. The van der Waals surface area contributed by atoms with Crippen LogP contribution in [-0.4, -0.2) is 35.0 Å². The van der Waals surface area contributed by atoms with E-state index in [0.29, 0.717) is 11.5 Å². The fourth-order valence-corrected chi connectivity index (χ4v) is 2.97. The van der Waals surface area contributed by atoms with E-state index in [9.17, 15) is 4.79 Å². The molecule has 0 spiro atoms. The number of anilines is 3. The van der Waals surface area contributed by atoms with Crippen molar-refractivity contribution in [3.8, 4) is 0 Å². The van der Waals surface area contributed by atoms with E-state index >= 15 is 0 Å². The summed E-state index contributed by atoms with van der Waals surface area (Å²) >= 11 is 0. The van der Waals surface area contributed by atoms with Gasteiger partial charge in [0.05, 0.1) is 12.4 Å². The maximum atomic E-state index is 12.0. The number of hydrogen-bond donors (Lipinski definition) is 2. The number of carbonyl (C=O) groups excluding carboxylic acids is 1. The third-order valence-electron chi connectivity index (χ3n) is 4.74. The Labute approximate surface area is 155 Å². The van der Waals surface area contributed by atoms with Crippen molar-refractivity contribution < 1.29 is 4.79 Å². The number of amides is 1. The maximum Gasteiger partial charge on any atom is 0.271 e. The van der Waals surface area contributed by atoms with Crippen LogP contribution >= 0.6 is 0 Å². The maximum absolute atomic E-state index is 12.0. The average Bonchev–Trinajstić information content (AvgIpc) is 2.69. The topological polar surface area (TPSA) is 70.2 Å². The van der Waals surface area contributed by atoms with Crippen LogP contribution in [0.5, 0.6) is 0 Å². The molecule has 2 heterocycles. The second-order valence-electron chi connectivity index (χ2n) is 6.79. The Morgan fingerprint density at radius 1 is 1.12 bits per heavy atom. The van der Waals surface area contributed by atoms with E-state index < -0.39 is 0 Å². The highest BCUT2D eigenvalue weighted by atomic mass is 16.1. The molecule has 0 radical (unpaired) electrons. The number of aromatic nitrogens is 2. The first-order valence-corrected chi connectivity index (χ1v) is 9.40. The quantitative estimate of drug-likeness (QED) is 0.828. The lowest BCUT2D eigenvalue weighted by Crippen LogP contribution is -2.32. The van der Waals surface area contributed by atoms with Gasteiger partial charge in [0, 0.05) is 30.5 Å². The van der Waals surface area contributed by atoms with Crippen LogP contribution in [0.2, 0.25) is 0 Å². The largest absolute Gasteiger partial charge is 0.372 e. The molecule has 1 aliphatic rings. The summed E-state index contributed by atoms with van der Waals surface area (Å²) in [5.74, 6) is 0.431. The second-order valence-corrected chi connectivity index (χ2v) is 6.79. The number of nitrogens with zero attached hydrogens (tertiary/aromatic N) is 3. The molecular formula is C20H27N5O. The minimum atomic E-state index is -0.190. The average molecular weight is 353 g/mol. The Balaban J connectivity index is 1.59. The summed E-state index contributed by atoms with van der Waals surface area (Å²) in [5, 5.41) is 6.11. The van der Waals surface area contributed by atoms with Crippen LogP contribution in [0, 0.1) is 0 Å². The van der Waals surface area contributed by atoms with Crippen LogP contribution in [0.3, 0.4) is 0 Å². The van der Waals surface area contributed by atoms with Crippen molar-refractivity contribution in [2.75, 3.05) is 23.3 Å². The van der Waals surface area contributed by atoms with Crippen LogP contribution in [0.25, 0.3) is 0 Å². The molecule has 0 saturated carbocycles. The van der Waals surface area contributed by atoms with Crippen LogP contribution < -0.4 is 15.5 Å². The van der Waals surface area contributed by atoms with Gasteiger partial charge in [-0.25, -0.2) is 9.97 Å². The van der Waals surface area contributed by atoms with Gasteiger partial charge in [0.2, 0.25) is 0 Å². The minimum absolute atomic E-state index is 0.125. The smallest absolute Gasteiger partial charge is 0.271 e. The van der Waals surface area contributed by atoms with Gasteiger partial charge in [-0.05, 0) is 56.9 Å². The zero-order chi connectivity index (χ0) is 18.4. The van der Waals surface area contributed by atoms with Crippen molar-refractivity contribution in [1.82, 2.24) is 15.3 Å². The molecule has 0 bridgehead atoms. The standard InChI is InChI=1S/C20H27N5O/c1-3-15(2)23-20(26)18-13-22-19(14-21-18)24-16-7-9-17(10-8-16)25-11-5-4-6-12-25/h7-10,13-15H,3-6,11-12H2,1-2H3,(H,22,24)(H,23,26). The van der Waals surface area contributed by atoms with E-state index in [1.54, 1.807) is 6.20 Å². The fraction of sp³-hybridized carbons (Fsp3) is 0.450. The Bertz CT molecular complexity index is 708. The third-order valence-corrected chi connectivity index (χ3v) is 4.74. The summed E-state index contributed by atoms with van der Waals surface area (Å²) in [6.45, 7) is 6.27. The molecule has 1 aromatic carbocycles. The molecular weight excluding hydrogens is 326 g/mol. The van der Waals surface area contributed by atoms with E-state index in [-0.39, 0.29) is 11.9 Å². The first-order valence-electron chi connectivity index (χ1n) is 9.40. The molecule has 1 saturated heterocycles. The number of piperidine rings is 1. The Morgan fingerprint density at radius 3 is 2.46 bits per heavy atom. The molecule has 26 heavy (non-hydrogen) atoms. The summed E-state index contributed by atoms with van der Waals surface area (Å²) in [7, 11) is 0. The van der Waals surface area contributed by atoms with Gasteiger partial charge < -0.3 is 15.5 Å². The first-order chi connectivity index (χ1) is 12.7. The molecule has 2 N–H and O–H groups in total. The molecule has 0 aliphatic carbocycles. The summed E-state index contributed by atoms with van der Waals surface area (Å²) in [4.78, 5) is 23.0. The van der Waals surface area contributed by atoms with Gasteiger partial charge in [-0.2, -0.15) is 0 Å². The van der Waals surface area contributed by atoms with Gasteiger partial charge in [-0.1, -0.05) is 6.92 Å². The van der Waals surface area contributed by atoms with Gasteiger partial charge in [-0.3, -0.25) is 4.79 Å². The molecule has 1 fully saturated rings. The molecule has 1 unspecified atom stereocenters. The van der Waals surface area contributed by atoms with Crippen molar-refractivity contribution in [3.63, 3.8) is 0 Å². The summed E-state index contributed by atoms with van der Waals surface area (Å²) in [6.07, 6.45) is 7.84. The number of nitrogens with one attached hydrogen (secondary N) is 2. The highest BCUT2D eigenvalue weighted by molar-refractivity contribution is 5.92. The van der Waals surface area contributed by atoms with Gasteiger partial charge in [0.15, 0.2) is 0 Å². The van der Waals surface area contributed by atoms with Crippen molar-refractivity contribution in [2.24, 2.45) is 0 Å². The van der Waals surface area contributed by atoms with Crippen molar-refractivity contribution in [1.29, 1.82) is 0 Å². The highest BCUT2D eigenvalue weighted by Crippen LogP contribution is 2.23. The predicted octanol–water partition coefficient (Wildman–Crippen LogP) is 3.74. The van der Waals surface area contributed by atoms with E-state index in [4.69, 9.17) is 0 Å². The molecule has 6 heteroatoms. The molecule has 138 valence electrons. The van der Waals surface area contributed by atoms with Crippen molar-refractivity contribution in [3.05, 3.63) is 42.4 Å². The van der Waals surface area contributed by atoms with E-state index in [2.05, 4.69) is 49.8 Å². The summed E-state index contributed by atoms with van der Waals surface area (Å²) in [6, 6.07) is 8.49. The lowest BCUT2D eigenvalue weighted by atomic mass is 10.1. The van der Waals surface area contributed by atoms with Crippen molar-refractivity contribution in [2.45, 2.75) is 45.6 Å². The highest BCUT2D eigenvalue weighted by Gasteiger charge is 2.12. The molecule has 6 nitrogen and oxygen atoms in total. The SMILES string of the molecule is CCC(C)NC(=O)c1cnc(Nc2ccc(N3CCCCC3)cc2)cn1. The number of benzene rings is 1. The molecule has 1 atom stereocenters. The zero-order valence-corrected chi connectivity index (χ0v) is 15.5. The molecule has 1 aliphatic heterocycles. The predicted molar refractivity (Wildman–Crippen MR) is 105 cm³/mol. The van der Waals surface area contributed by atoms with E-state index in [1.165, 1.54) is 31.1 Å². The fourth-order valence-electron chi connectivity index (χ4n) is 2.97. The molecule has 3 rings (SSSR count). The van der Waals surface area contributed by atoms with Gasteiger partial charge in [-0.15, -0.1) is 0 Å². The van der Waals surface area contributed by atoms with Crippen LogP contribution in [-0.2, 0) is 0 Å². The Kier molecular flexibility index (Phi) is 6.04. The normalized spacial score (nSPS) is 15.4. The molecule has 1 aromatic heterocycles. The van der Waals surface area contributed by atoms with Gasteiger partial charge >= 0.3 is 0 Å². The van der Waals surface area contributed by atoms with Crippen LogP contribution in [0.1, 0.15) is 50.0 Å². The first kappa shape index (κ1) is 18.2. The number of hydrogen-bond acceptors (Lipinski definition) is 5. The minimum Gasteiger partial charge on any atom is -0.372 e. The van der Waals surface area contributed by atoms with Gasteiger partial charge in [0.25, 0.3) is 5.91 Å². The van der Waals surface area contributed by atoms with Crippen LogP contribution in [0.4, 0.5) is 17.2 Å². The molecule has 2 aromatic rings. The number of carbonyl (C=O) groups is 1. The Hall–Kier alpha value is -2.63. The number of rotatable bonds is 6. The lowest BCUT2D eigenvalue weighted by molar-refractivity contribution is 0.0934. The summed E-state index contributed by atoms with van der Waals surface area (Å²) in [5.41, 5.74) is 2.55. The third kappa shape index (κ3) is 4.71. The van der Waals surface area contributed by atoms with Crippen molar-refractivity contribution >= 4 is 23.1 Å². The second kappa shape index (κ2) is 8.65. The Morgan fingerprint density at radius 2 is 1.85 bits per heavy atom.